The number of rotatable bonds is 1. The molecule has 2 aromatic rings. The Balaban J connectivity index is 2.65. The van der Waals surface area contributed by atoms with Crippen molar-refractivity contribution in [2.24, 2.45) is 7.05 Å². The maximum atomic E-state index is 8.85. The lowest BCUT2D eigenvalue weighted by atomic mass is 10.1. The standard InChI is InChI=1S/C11H8BrN3/c1-15-11(8-5-3-2-4-6-8)10(12)9(7-13)14-15/h2-6H,1H3. The molecule has 0 aliphatic rings. The molecule has 0 bridgehead atoms. The first-order chi connectivity index (χ1) is 7.24. The lowest BCUT2D eigenvalue weighted by molar-refractivity contribution is 0.771. The van der Waals surface area contributed by atoms with E-state index < -0.39 is 0 Å². The fourth-order valence-corrected chi connectivity index (χ4v) is 2.13. The molecule has 0 radical (unpaired) electrons. The second-order valence-corrected chi connectivity index (χ2v) is 3.91. The smallest absolute Gasteiger partial charge is 0.177 e. The molecule has 1 aromatic heterocycles. The van der Waals surface area contributed by atoms with Crippen molar-refractivity contribution in [3.05, 3.63) is 40.5 Å². The predicted molar refractivity (Wildman–Crippen MR) is 61.1 cm³/mol. The predicted octanol–water partition coefficient (Wildman–Crippen LogP) is 2.72. The molecule has 0 N–H and O–H groups in total. The van der Waals surface area contributed by atoms with Crippen molar-refractivity contribution in [1.82, 2.24) is 9.78 Å². The highest BCUT2D eigenvalue weighted by molar-refractivity contribution is 9.10. The van der Waals surface area contributed by atoms with E-state index in [9.17, 15) is 0 Å². The second-order valence-electron chi connectivity index (χ2n) is 3.11. The minimum atomic E-state index is 0.413. The number of hydrogen-bond acceptors (Lipinski definition) is 2. The van der Waals surface area contributed by atoms with Crippen LogP contribution in [-0.4, -0.2) is 9.78 Å². The Morgan fingerprint density at radius 3 is 2.53 bits per heavy atom. The SMILES string of the molecule is Cn1nc(C#N)c(Br)c1-c1ccccc1. The summed E-state index contributed by atoms with van der Waals surface area (Å²) >= 11 is 3.39. The third kappa shape index (κ3) is 1.66. The summed E-state index contributed by atoms with van der Waals surface area (Å²) in [7, 11) is 1.83. The van der Waals surface area contributed by atoms with Crippen molar-refractivity contribution in [2.75, 3.05) is 0 Å². The normalized spacial score (nSPS) is 9.93. The van der Waals surface area contributed by atoms with E-state index in [1.165, 1.54) is 0 Å². The van der Waals surface area contributed by atoms with E-state index in [4.69, 9.17) is 5.26 Å². The topological polar surface area (TPSA) is 41.6 Å². The van der Waals surface area contributed by atoms with Gasteiger partial charge in [0.1, 0.15) is 6.07 Å². The minimum absolute atomic E-state index is 0.413. The van der Waals surface area contributed by atoms with Crippen molar-refractivity contribution < 1.29 is 0 Å². The molecule has 0 saturated carbocycles. The van der Waals surface area contributed by atoms with Crippen LogP contribution in [0.3, 0.4) is 0 Å². The van der Waals surface area contributed by atoms with Crippen LogP contribution >= 0.6 is 15.9 Å². The Bertz CT molecular complexity index is 523. The summed E-state index contributed by atoms with van der Waals surface area (Å²) in [5, 5.41) is 13.0. The van der Waals surface area contributed by atoms with E-state index in [0.717, 1.165) is 15.7 Å². The van der Waals surface area contributed by atoms with Gasteiger partial charge in [-0.25, -0.2) is 0 Å². The first kappa shape index (κ1) is 9.94. The van der Waals surface area contributed by atoms with Crippen LogP contribution in [0.15, 0.2) is 34.8 Å². The van der Waals surface area contributed by atoms with Crippen LogP contribution in [0.5, 0.6) is 0 Å². The van der Waals surface area contributed by atoms with Crippen molar-refractivity contribution in [2.45, 2.75) is 0 Å². The third-order valence-electron chi connectivity index (χ3n) is 2.14. The molecule has 0 saturated heterocycles. The van der Waals surface area contributed by atoms with Crippen molar-refractivity contribution in [3.8, 4) is 17.3 Å². The van der Waals surface area contributed by atoms with Crippen LogP contribution in [0.1, 0.15) is 5.69 Å². The van der Waals surface area contributed by atoms with Gasteiger partial charge in [-0.2, -0.15) is 10.4 Å². The fraction of sp³-hybridized carbons (Fsp3) is 0.0909. The Hall–Kier alpha value is -1.60. The Morgan fingerprint density at radius 1 is 1.33 bits per heavy atom. The van der Waals surface area contributed by atoms with Crippen LogP contribution in [0.2, 0.25) is 0 Å². The van der Waals surface area contributed by atoms with Crippen LogP contribution in [0.4, 0.5) is 0 Å². The van der Waals surface area contributed by atoms with Gasteiger partial charge in [-0.3, -0.25) is 4.68 Å². The van der Waals surface area contributed by atoms with Crippen molar-refractivity contribution in [3.63, 3.8) is 0 Å². The highest BCUT2D eigenvalue weighted by Gasteiger charge is 2.14. The van der Waals surface area contributed by atoms with E-state index in [1.54, 1.807) is 4.68 Å². The molecule has 1 heterocycles. The summed E-state index contributed by atoms with van der Waals surface area (Å²) < 4.78 is 2.46. The number of benzene rings is 1. The largest absolute Gasteiger partial charge is 0.265 e. The number of nitriles is 1. The lowest BCUT2D eigenvalue weighted by Crippen LogP contribution is -1.93. The summed E-state index contributed by atoms with van der Waals surface area (Å²) in [6.07, 6.45) is 0. The highest BCUT2D eigenvalue weighted by atomic mass is 79.9. The molecule has 2 rings (SSSR count). The van der Waals surface area contributed by atoms with Crippen LogP contribution in [0, 0.1) is 11.3 Å². The average Bonchev–Trinajstić information content (AvgIpc) is 2.55. The van der Waals surface area contributed by atoms with E-state index in [1.807, 2.05) is 43.4 Å². The molecule has 15 heavy (non-hydrogen) atoms. The number of halogens is 1. The number of nitrogens with zero attached hydrogens (tertiary/aromatic N) is 3. The molecule has 0 amide bonds. The van der Waals surface area contributed by atoms with Gasteiger partial charge in [0.15, 0.2) is 5.69 Å². The van der Waals surface area contributed by atoms with Crippen LogP contribution < -0.4 is 0 Å². The summed E-state index contributed by atoms with van der Waals surface area (Å²) in [4.78, 5) is 0. The monoisotopic (exact) mass is 261 g/mol. The van der Waals surface area contributed by atoms with Gasteiger partial charge in [0.2, 0.25) is 0 Å². The Morgan fingerprint density at radius 2 is 2.00 bits per heavy atom. The second kappa shape index (κ2) is 3.87. The van der Waals surface area contributed by atoms with Gasteiger partial charge in [0, 0.05) is 12.6 Å². The molecule has 0 fully saturated rings. The average molecular weight is 262 g/mol. The lowest BCUT2D eigenvalue weighted by Gasteiger charge is -2.01. The Labute approximate surface area is 96.1 Å². The van der Waals surface area contributed by atoms with Gasteiger partial charge in [0.05, 0.1) is 10.2 Å². The zero-order valence-electron chi connectivity index (χ0n) is 8.11. The van der Waals surface area contributed by atoms with E-state index >= 15 is 0 Å². The molecular weight excluding hydrogens is 254 g/mol. The molecule has 74 valence electrons. The molecular formula is C11H8BrN3. The third-order valence-corrected chi connectivity index (χ3v) is 2.89. The fourth-order valence-electron chi connectivity index (χ4n) is 1.48. The Kier molecular flexibility index (Phi) is 2.57. The van der Waals surface area contributed by atoms with E-state index in [2.05, 4.69) is 21.0 Å². The van der Waals surface area contributed by atoms with Crippen molar-refractivity contribution in [1.29, 1.82) is 5.26 Å². The van der Waals surface area contributed by atoms with Crippen LogP contribution in [-0.2, 0) is 7.05 Å². The maximum absolute atomic E-state index is 8.85. The zero-order valence-corrected chi connectivity index (χ0v) is 9.69. The number of aryl methyl sites for hydroxylation is 1. The van der Waals surface area contributed by atoms with Gasteiger partial charge < -0.3 is 0 Å². The maximum Gasteiger partial charge on any atom is 0.177 e. The minimum Gasteiger partial charge on any atom is -0.265 e. The zero-order chi connectivity index (χ0) is 10.8. The van der Waals surface area contributed by atoms with Gasteiger partial charge in [-0.1, -0.05) is 30.3 Å². The highest BCUT2D eigenvalue weighted by Crippen LogP contribution is 2.29. The summed E-state index contributed by atoms with van der Waals surface area (Å²) in [6.45, 7) is 0. The van der Waals surface area contributed by atoms with E-state index in [0.29, 0.717) is 5.69 Å². The van der Waals surface area contributed by atoms with Crippen LogP contribution in [0.25, 0.3) is 11.3 Å². The van der Waals surface area contributed by atoms with Gasteiger partial charge >= 0.3 is 0 Å². The first-order valence-corrected chi connectivity index (χ1v) is 5.21. The van der Waals surface area contributed by atoms with Gasteiger partial charge in [-0.15, -0.1) is 0 Å². The first-order valence-electron chi connectivity index (χ1n) is 4.42. The van der Waals surface area contributed by atoms with Crippen molar-refractivity contribution >= 4 is 15.9 Å². The molecule has 0 aliphatic heterocycles. The van der Waals surface area contributed by atoms with Gasteiger partial charge in [0.25, 0.3) is 0 Å². The molecule has 0 unspecified atom stereocenters. The summed E-state index contributed by atoms with van der Waals surface area (Å²) in [6, 6.07) is 11.9. The molecule has 0 aliphatic carbocycles. The van der Waals surface area contributed by atoms with E-state index in [-0.39, 0.29) is 0 Å². The number of hydrogen-bond donors (Lipinski definition) is 0. The molecule has 1 aromatic carbocycles. The number of aromatic nitrogens is 2. The van der Waals surface area contributed by atoms with Gasteiger partial charge in [-0.05, 0) is 15.9 Å². The summed E-state index contributed by atoms with van der Waals surface area (Å²) in [5.74, 6) is 0. The quantitative estimate of drug-likeness (QED) is 0.792. The molecule has 3 nitrogen and oxygen atoms in total. The molecule has 4 heteroatoms. The molecule has 0 atom stereocenters. The molecule has 0 spiro atoms. The summed E-state index contributed by atoms with van der Waals surface area (Å²) in [5.41, 5.74) is 2.38.